The van der Waals surface area contributed by atoms with Gasteiger partial charge in [0.15, 0.2) is 0 Å². The Morgan fingerprint density at radius 2 is 1.45 bits per heavy atom. The highest BCUT2D eigenvalue weighted by molar-refractivity contribution is 5.92. The molecule has 2 amide bonds. The molecule has 0 saturated carbocycles. The summed E-state index contributed by atoms with van der Waals surface area (Å²) >= 11 is 0. The fourth-order valence-corrected chi connectivity index (χ4v) is 2.00. The molecule has 116 valence electrons. The van der Waals surface area contributed by atoms with E-state index in [4.69, 9.17) is 0 Å². The van der Waals surface area contributed by atoms with Crippen LogP contribution in [0.2, 0.25) is 0 Å². The van der Waals surface area contributed by atoms with E-state index in [0.29, 0.717) is 31.8 Å². The Bertz CT molecular complexity index is 356. The minimum absolute atomic E-state index is 0.00213. The highest BCUT2D eigenvalue weighted by atomic mass is 16.2. The van der Waals surface area contributed by atoms with Crippen LogP contribution in [0.25, 0.3) is 0 Å². The highest BCUT2D eigenvalue weighted by Crippen LogP contribution is 2.17. The van der Waals surface area contributed by atoms with Crippen LogP contribution < -0.4 is 0 Å². The molecule has 0 aliphatic rings. The van der Waals surface area contributed by atoms with Gasteiger partial charge in [0.1, 0.15) is 0 Å². The summed E-state index contributed by atoms with van der Waals surface area (Å²) in [6.45, 7) is 17.9. The number of hydrogen-bond acceptors (Lipinski definition) is 2. The van der Waals surface area contributed by atoms with E-state index in [1.807, 2.05) is 39.5 Å². The Balaban J connectivity index is 4.42. The summed E-state index contributed by atoms with van der Waals surface area (Å²) in [5, 5.41) is 0. The van der Waals surface area contributed by atoms with E-state index in [2.05, 4.69) is 6.58 Å². The Hall–Kier alpha value is -1.32. The molecule has 0 bridgehead atoms. The zero-order valence-electron chi connectivity index (χ0n) is 14.0. The third kappa shape index (κ3) is 5.76. The molecule has 0 aliphatic heterocycles. The lowest BCUT2D eigenvalue weighted by Crippen LogP contribution is -2.41. The van der Waals surface area contributed by atoms with Crippen LogP contribution in [0.3, 0.4) is 0 Å². The molecule has 4 nitrogen and oxygen atoms in total. The fraction of sp³-hybridized carbons (Fsp3) is 0.750. The summed E-state index contributed by atoms with van der Waals surface area (Å²) in [7, 11) is 0. The third-order valence-corrected chi connectivity index (χ3v) is 3.20. The Kier molecular flexibility index (Phi) is 7.54. The maximum atomic E-state index is 12.2. The predicted octanol–water partition coefficient (Wildman–Crippen LogP) is 2.70. The molecule has 0 atom stereocenters. The predicted molar refractivity (Wildman–Crippen MR) is 83.4 cm³/mol. The van der Waals surface area contributed by atoms with Gasteiger partial charge in [0.05, 0.1) is 0 Å². The number of nitrogens with zero attached hydrogens (tertiary/aromatic N) is 2. The molecule has 0 spiro atoms. The van der Waals surface area contributed by atoms with Crippen LogP contribution in [0.4, 0.5) is 0 Å². The average molecular weight is 282 g/mol. The number of hydrogen-bond donors (Lipinski definition) is 0. The van der Waals surface area contributed by atoms with Crippen molar-refractivity contribution in [3.8, 4) is 0 Å². The average Bonchev–Trinajstić information content (AvgIpc) is 2.36. The zero-order chi connectivity index (χ0) is 15.9. The van der Waals surface area contributed by atoms with E-state index in [9.17, 15) is 9.59 Å². The largest absolute Gasteiger partial charge is 0.342 e. The highest BCUT2D eigenvalue weighted by Gasteiger charge is 2.26. The standard InChI is InChI=1S/C16H30N2O2/c1-8-17(14(19)13(3)4)11-10-12-18(9-2)15(20)16(5,6)7/h3,8-12H2,1-2,4-7H3. The molecule has 0 heterocycles. The molecular weight excluding hydrogens is 252 g/mol. The van der Waals surface area contributed by atoms with E-state index >= 15 is 0 Å². The number of carbonyl (C=O) groups excluding carboxylic acids is 2. The fourth-order valence-electron chi connectivity index (χ4n) is 2.00. The summed E-state index contributed by atoms with van der Waals surface area (Å²) < 4.78 is 0. The molecule has 0 unspecified atom stereocenters. The second kappa shape index (κ2) is 8.08. The molecule has 0 saturated heterocycles. The van der Waals surface area contributed by atoms with Crippen molar-refractivity contribution in [1.82, 2.24) is 9.80 Å². The van der Waals surface area contributed by atoms with Crippen molar-refractivity contribution in [2.45, 2.75) is 48.0 Å². The molecule has 0 N–H and O–H groups in total. The monoisotopic (exact) mass is 282 g/mol. The maximum absolute atomic E-state index is 12.2. The van der Waals surface area contributed by atoms with E-state index in [1.54, 1.807) is 11.8 Å². The quantitative estimate of drug-likeness (QED) is 0.674. The molecule has 0 aliphatic carbocycles. The van der Waals surface area contributed by atoms with Gasteiger partial charge in [-0.2, -0.15) is 0 Å². The summed E-state index contributed by atoms with van der Waals surface area (Å²) in [6, 6.07) is 0. The summed E-state index contributed by atoms with van der Waals surface area (Å²) in [6.07, 6.45) is 0.794. The Labute approximate surface area is 123 Å². The van der Waals surface area contributed by atoms with Gasteiger partial charge in [0.2, 0.25) is 11.8 Å². The van der Waals surface area contributed by atoms with Crippen molar-refractivity contribution in [2.24, 2.45) is 5.41 Å². The van der Waals surface area contributed by atoms with Gasteiger partial charge >= 0.3 is 0 Å². The van der Waals surface area contributed by atoms with E-state index < -0.39 is 0 Å². The van der Waals surface area contributed by atoms with Gasteiger partial charge in [-0.3, -0.25) is 9.59 Å². The van der Waals surface area contributed by atoms with Gasteiger partial charge in [0.25, 0.3) is 0 Å². The summed E-state index contributed by atoms with van der Waals surface area (Å²) in [4.78, 5) is 27.7. The van der Waals surface area contributed by atoms with Gasteiger partial charge in [0, 0.05) is 37.2 Å². The lowest BCUT2D eigenvalue weighted by atomic mass is 9.94. The minimum atomic E-state index is -0.353. The molecule has 0 aromatic carbocycles. The van der Waals surface area contributed by atoms with Crippen molar-refractivity contribution in [1.29, 1.82) is 0 Å². The Morgan fingerprint density at radius 1 is 1.00 bits per heavy atom. The van der Waals surface area contributed by atoms with Gasteiger partial charge < -0.3 is 9.80 Å². The minimum Gasteiger partial charge on any atom is -0.342 e. The zero-order valence-corrected chi connectivity index (χ0v) is 14.0. The SMILES string of the molecule is C=C(C)C(=O)N(CC)CCCN(CC)C(=O)C(C)(C)C. The first-order valence-electron chi connectivity index (χ1n) is 7.39. The van der Waals surface area contributed by atoms with Crippen LogP contribution in [0, 0.1) is 5.41 Å². The molecule has 0 rings (SSSR count). The van der Waals surface area contributed by atoms with Crippen molar-refractivity contribution >= 4 is 11.8 Å². The van der Waals surface area contributed by atoms with Gasteiger partial charge in [-0.05, 0) is 27.2 Å². The molecular formula is C16H30N2O2. The number of likely N-dealkylation sites (N-methyl/N-ethyl adjacent to an activating group) is 1. The van der Waals surface area contributed by atoms with E-state index in [-0.39, 0.29) is 17.2 Å². The van der Waals surface area contributed by atoms with Crippen LogP contribution in [0.15, 0.2) is 12.2 Å². The molecule has 0 aromatic rings. The summed E-state index contributed by atoms with van der Waals surface area (Å²) in [5.74, 6) is 0.159. The maximum Gasteiger partial charge on any atom is 0.248 e. The number of amides is 2. The lowest BCUT2D eigenvalue weighted by Gasteiger charge is -2.29. The van der Waals surface area contributed by atoms with Gasteiger partial charge in [-0.25, -0.2) is 0 Å². The van der Waals surface area contributed by atoms with Gasteiger partial charge in [-0.1, -0.05) is 27.4 Å². The topological polar surface area (TPSA) is 40.6 Å². The van der Waals surface area contributed by atoms with Crippen molar-refractivity contribution in [3.63, 3.8) is 0 Å². The Morgan fingerprint density at radius 3 is 1.80 bits per heavy atom. The second-order valence-electron chi connectivity index (χ2n) is 6.15. The normalized spacial score (nSPS) is 11.1. The van der Waals surface area contributed by atoms with E-state index in [0.717, 1.165) is 6.42 Å². The number of carbonyl (C=O) groups is 2. The van der Waals surface area contributed by atoms with Crippen molar-refractivity contribution in [2.75, 3.05) is 26.2 Å². The first-order chi connectivity index (χ1) is 9.15. The molecule has 0 radical (unpaired) electrons. The molecule has 20 heavy (non-hydrogen) atoms. The molecule has 0 fully saturated rings. The van der Waals surface area contributed by atoms with Crippen molar-refractivity contribution < 1.29 is 9.59 Å². The van der Waals surface area contributed by atoms with Crippen molar-refractivity contribution in [3.05, 3.63) is 12.2 Å². The third-order valence-electron chi connectivity index (χ3n) is 3.20. The first-order valence-corrected chi connectivity index (χ1v) is 7.39. The van der Waals surface area contributed by atoms with Crippen LogP contribution in [0.1, 0.15) is 48.0 Å². The smallest absolute Gasteiger partial charge is 0.248 e. The lowest BCUT2D eigenvalue weighted by molar-refractivity contribution is -0.139. The van der Waals surface area contributed by atoms with Crippen LogP contribution in [-0.2, 0) is 9.59 Å². The van der Waals surface area contributed by atoms with Gasteiger partial charge in [-0.15, -0.1) is 0 Å². The molecule has 0 aromatic heterocycles. The number of rotatable bonds is 7. The van der Waals surface area contributed by atoms with Crippen LogP contribution in [-0.4, -0.2) is 47.8 Å². The van der Waals surface area contributed by atoms with Crippen LogP contribution >= 0.6 is 0 Å². The van der Waals surface area contributed by atoms with E-state index in [1.165, 1.54) is 0 Å². The first kappa shape index (κ1) is 18.7. The van der Waals surface area contributed by atoms with Crippen LogP contribution in [0.5, 0.6) is 0 Å². The summed E-state index contributed by atoms with van der Waals surface area (Å²) in [5.41, 5.74) is 0.207. The molecule has 4 heteroatoms. The second-order valence-corrected chi connectivity index (χ2v) is 6.15.